The lowest BCUT2D eigenvalue weighted by Crippen LogP contribution is -2.50. The number of hydrogen-bond acceptors (Lipinski definition) is 9. The summed E-state index contributed by atoms with van der Waals surface area (Å²) in [4.78, 5) is 40.6. The van der Waals surface area contributed by atoms with Gasteiger partial charge in [0.25, 0.3) is 0 Å². The fourth-order valence-corrected chi connectivity index (χ4v) is 4.83. The highest BCUT2D eigenvalue weighted by Crippen LogP contribution is 2.34. The predicted molar refractivity (Wildman–Crippen MR) is 136 cm³/mol. The Hall–Kier alpha value is -3.56. The lowest BCUT2D eigenvalue weighted by molar-refractivity contribution is -0.193. The van der Waals surface area contributed by atoms with Crippen LogP contribution in [0.2, 0.25) is 0 Å². The number of likely N-dealkylation sites (tertiary alicyclic amines) is 2. The van der Waals surface area contributed by atoms with Gasteiger partial charge in [0.1, 0.15) is 5.01 Å². The number of ether oxygens (including phenoxy) is 1. The average Bonchev–Trinajstić information content (AvgIpc) is 3.59. The number of rotatable bonds is 5. The van der Waals surface area contributed by atoms with Gasteiger partial charge in [0, 0.05) is 69.2 Å². The van der Waals surface area contributed by atoms with Crippen molar-refractivity contribution in [2.24, 2.45) is 5.92 Å². The molecular weight excluding hydrogens is 659 g/mol. The van der Waals surface area contributed by atoms with Crippen LogP contribution in [0.25, 0.3) is 0 Å². The molecule has 45 heavy (non-hydrogen) atoms. The van der Waals surface area contributed by atoms with Gasteiger partial charge in [0.15, 0.2) is 0 Å². The zero-order valence-corrected chi connectivity index (χ0v) is 23.8. The summed E-state index contributed by atoms with van der Waals surface area (Å²) >= 11 is 1.75. The van der Waals surface area contributed by atoms with Crippen molar-refractivity contribution in [3.05, 3.63) is 46.7 Å². The van der Waals surface area contributed by atoms with Crippen molar-refractivity contribution in [2.45, 2.75) is 50.2 Å². The number of carboxylic acid groups (broad SMARTS) is 3. The van der Waals surface area contributed by atoms with Gasteiger partial charge in [-0.3, -0.25) is 14.8 Å². The Morgan fingerprint density at radius 1 is 0.911 bits per heavy atom. The van der Waals surface area contributed by atoms with Crippen LogP contribution in [0, 0.1) is 5.92 Å². The summed E-state index contributed by atoms with van der Waals surface area (Å²) in [6.07, 6.45) is -8.04. The van der Waals surface area contributed by atoms with Gasteiger partial charge in [-0.2, -0.15) is 39.5 Å². The average molecular weight is 687 g/mol. The van der Waals surface area contributed by atoms with Crippen molar-refractivity contribution in [2.75, 3.05) is 26.7 Å². The van der Waals surface area contributed by atoms with Crippen molar-refractivity contribution in [1.29, 1.82) is 0 Å². The molecule has 0 aromatic carbocycles. The molecule has 3 N–H and O–H groups in total. The predicted octanol–water partition coefficient (Wildman–Crippen LogP) is 4.16. The maximum absolute atomic E-state index is 10.6. The highest BCUT2D eigenvalue weighted by Gasteiger charge is 2.44. The first-order valence-corrected chi connectivity index (χ1v) is 13.2. The third kappa shape index (κ3) is 14.4. The van der Waals surface area contributed by atoms with Crippen LogP contribution in [0.4, 0.5) is 39.5 Å². The van der Waals surface area contributed by atoms with Crippen molar-refractivity contribution in [3.8, 4) is 0 Å². The zero-order valence-electron chi connectivity index (χ0n) is 23.0. The number of alkyl halides is 9. The monoisotopic (exact) mass is 686 g/mol. The second-order valence-corrected chi connectivity index (χ2v) is 10.1. The number of halogens is 9. The molecule has 11 nitrogen and oxygen atoms in total. The van der Waals surface area contributed by atoms with Gasteiger partial charge in [0.05, 0.1) is 12.6 Å². The Balaban J connectivity index is 0.000000396. The number of thiazole rings is 1. The van der Waals surface area contributed by atoms with E-state index in [1.807, 2.05) is 31.8 Å². The Morgan fingerprint density at radius 3 is 1.84 bits per heavy atom. The van der Waals surface area contributed by atoms with Gasteiger partial charge in [-0.15, -0.1) is 11.3 Å². The van der Waals surface area contributed by atoms with E-state index < -0.39 is 36.4 Å². The van der Waals surface area contributed by atoms with Crippen LogP contribution in [0.1, 0.15) is 17.0 Å². The van der Waals surface area contributed by atoms with E-state index >= 15 is 0 Å². The summed E-state index contributed by atoms with van der Waals surface area (Å²) in [5.41, 5.74) is 1.29. The fraction of sp³-hybridized carbons (Fsp3) is 0.542. The van der Waals surface area contributed by atoms with Crippen LogP contribution in [0.15, 0.2) is 36.1 Å². The first kappa shape index (κ1) is 39.5. The number of aromatic nitrogens is 2. The highest BCUT2D eigenvalue weighted by molar-refractivity contribution is 7.09. The molecule has 2 aromatic heterocycles. The molecule has 2 aliphatic heterocycles. The Morgan fingerprint density at radius 2 is 1.44 bits per heavy atom. The molecule has 0 unspecified atom stereocenters. The van der Waals surface area contributed by atoms with Crippen LogP contribution >= 0.6 is 11.3 Å². The van der Waals surface area contributed by atoms with E-state index in [2.05, 4.69) is 31.2 Å². The number of carbonyl (C=O) groups is 3. The third-order valence-electron chi connectivity index (χ3n) is 6.04. The molecule has 0 saturated carbocycles. The SMILES string of the molecule is CO[C@@H]1CCN(Cc2nccs2)[C@@H]2CN(Cc3cccnc3)C[C@@H]21.O=C(O)C(F)(F)F.O=C(O)C(F)(F)F.O=C(O)C(F)(F)F. The van der Waals surface area contributed by atoms with Gasteiger partial charge in [-0.25, -0.2) is 19.4 Å². The molecule has 4 heterocycles. The van der Waals surface area contributed by atoms with Crippen LogP contribution in [0.3, 0.4) is 0 Å². The largest absolute Gasteiger partial charge is 0.490 e. The molecule has 0 bridgehead atoms. The van der Waals surface area contributed by atoms with Crippen molar-refractivity contribution in [3.63, 3.8) is 0 Å². The van der Waals surface area contributed by atoms with E-state index in [0.717, 1.165) is 39.1 Å². The lowest BCUT2D eigenvalue weighted by atomic mass is 9.89. The molecule has 3 atom stereocenters. The van der Waals surface area contributed by atoms with Gasteiger partial charge in [0.2, 0.25) is 0 Å². The first-order valence-electron chi connectivity index (χ1n) is 12.3. The number of aliphatic carboxylic acids is 3. The lowest BCUT2D eigenvalue weighted by Gasteiger charge is -2.40. The summed E-state index contributed by atoms with van der Waals surface area (Å²) in [7, 11) is 1.86. The smallest absolute Gasteiger partial charge is 0.475 e. The minimum Gasteiger partial charge on any atom is -0.475 e. The number of fused-ring (bicyclic) bond motifs is 1. The normalized spacial score (nSPS) is 20.3. The number of pyridine rings is 1. The van der Waals surface area contributed by atoms with Gasteiger partial charge < -0.3 is 20.1 Å². The molecule has 2 fully saturated rings. The Bertz CT molecular complexity index is 1140. The summed E-state index contributed by atoms with van der Waals surface area (Å²) in [6.45, 7) is 5.25. The molecule has 0 amide bonds. The minimum absolute atomic E-state index is 0.376. The molecule has 4 rings (SSSR count). The highest BCUT2D eigenvalue weighted by atomic mass is 32.1. The molecule has 0 aliphatic carbocycles. The number of hydrogen-bond donors (Lipinski definition) is 3. The van der Waals surface area contributed by atoms with E-state index in [1.165, 1.54) is 10.6 Å². The molecule has 0 spiro atoms. The molecule has 2 aromatic rings. The standard InChI is InChI=1S/C18H24N4OS.3C2HF3O2/c1-23-17-4-7-22(13-18-20-6-8-24-18)16-12-21(11-15(16)17)10-14-3-2-5-19-9-14;3*3-2(4,5)1(6)7/h2-3,5-6,8-9,15-17H,4,7,10-13H2,1H3;3*(H,6,7)/t15-,16+,17+;;;/m0.../s1. The second kappa shape index (κ2) is 17.2. The van der Waals surface area contributed by atoms with Crippen molar-refractivity contribution in [1.82, 2.24) is 19.8 Å². The third-order valence-corrected chi connectivity index (χ3v) is 6.80. The molecule has 2 saturated heterocycles. The summed E-state index contributed by atoms with van der Waals surface area (Å²) < 4.78 is 101. The zero-order chi connectivity index (χ0) is 34.6. The van der Waals surface area contributed by atoms with Crippen LogP contribution in [-0.4, -0.2) is 110 Å². The maximum atomic E-state index is 10.6. The van der Waals surface area contributed by atoms with Gasteiger partial charge in [-0.1, -0.05) is 6.07 Å². The first-order chi connectivity index (χ1) is 20.7. The Labute approximate surface area is 252 Å². The molecule has 21 heteroatoms. The summed E-state index contributed by atoms with van der Waals surface area (Å²) in [5, 5.41) is 24.7. The number of methoxy groups -OCH3 is 1. The molecule has 2 aliphatic rings. The van der Waals surface area contributed by atoms with Gasteiger partial charge in [-0.05, 0) is 18.1 Å². The van der Waals surface area contributed by atoms with Crippen LogP contribution in [0.5, 0.6) is 0 Å². The van der Waals surface area contributed by atoms with Crippen LogP contribution in [-0.2, 0) is 32.2 Å². The second-order valence-electron chi connectivity index (χ2n) is 9.15. The molecule has 0 radical (unpaired) electrons. The van der Waals surface area contributed by atoms with E-state index in [-0.39, 0.29) is 0 Å². The minimum atomic E-state index is -5.08. The molecule has 254 valence electrons. The fourth-order valence-electron chi connectivity index (χ4n) is 4.19. The Kier molecular flexibility index (Phi) is 15.1. The van der Waals surface area contributed by atoms with Crippen LogP contribution < -0.4 is 0 Å². The number of carboxylic acids is 3. The van der Waals surface area contributed by atoms with Crippen molar-refractivity contribution >= 4 is 29.2 Å². The maximum Gasteiger partial charge on any atom is 0.490 e. The summed E-state index contributed by atoms with van der Waals surface area (Å²) in [6, 6.07) is 4.74. The topological polar surface area (TPSA) is 153 Å². The molecular formula is C24H27F9N4O7S. The quantitative estimate of drug-likeness (QED) is 0.389. The summed E-state index contributed by atoms with van der Waals surface area (Å²) in [5.74, 6) is -7.69. The van der Waals surface area contributed by atoms with E-state index in [9.17, 15) is 39.5 Å². The van der Waals surface area contributed by atoms with E-state index in [1.54, 1.807) is 11.3 Å². The van der Waals surface area contributed by atoms with E-state index in [4.69, 9.17) is 34.4 Å². The number of piperidine rings is 1. The van der Waals surface area contributed by atoms with Crippen molar-refractivity contribution < 1.29 is 74.0 Å². The number of nitrogens with zero attached hydrogens (tertiary/aromatic N) is 4. The van der Waals surface area contributed by atoms with Gasteiger partial charge >= 0.3 is 36.4 Å². The van der Waals surface area contributed by atoms with E-state index in [0.29, 0.717) is 18.1 Å².